The Hall–Kier alpha value is -3.41. The highest BCUT2D eigenvalue weighted by Gasteiger charge is 2.28. The van der Waals surface area contributed by atoms with Crippen molar-refractivity contribution in [2.24, 2.45) is 23.1 Å². The number of amidine groups is 1. The van der Waals surface area contributed by atoms with Gasteiger partial charge in [0.05, 0.1) is 0 Å². The zero-order chi connectivity index (χ0) is 28.2. The number of hydrogen-bond donors (Lipinski definition) is 6. The summed E-state index contributed by atoms with van der Waals surface area (Å²) in [6.45, 7) is 1.61. The molecule has 2 aromatic rings. The molecule has 3 rings (SSSR count). The van der Waals surface area contributed by atoms with E-state index in [9.17, 15) is 14.4 Å². The van der Waals surface area contributed by atoms with E-state index in [1.165, 1.54) is 11.9 Å². The first kappa shape index (κ1) is 30.1. The number of nitrogens with two attached hydrogens (primary N) is 3. The minimum absolute atomic E-state index is 0.0127. The van der Waals surface area contributed by atoms with E-state index in [4.69, 9.17) is 22.6 Å². The van der Waals surface area contributed by atoms with Crippen molar-refractivity contribution in [3.63, 3.8) is 0 Å². The molecule has 1 saturated heterocycles. The Morgan fingerprint density at radius 1 is 1.05 bits per heavy atom. The topological polar surface area (TPSA) is 180 Å². The fraction of sp³-hybridized carbons (Fsp3) is 0.429. The number of nitrogens with zero attached hydrogens (tertiary/aromatic N) is 1. The lowest BCUT2D eigenvalue weighted by Crippen LogP contribution is -2.48. The van der Waals surface area contributed by atoms with Crippen molar-refractivity contribution >= 4 is 41.2 Å². The lowest BCUT2D eigenvalue weighted by Gasteiger charge is -2.34. The number of amides is 3. The molecular formula is C28H39N7O3S. The number of rotatable bonds is 14. The van der Waals surface area contributed by atoms with Crippen molar-refractivity contribution < 1.29 is 14.4 Å². The minimum Gasteiger partial charge on any atom is -0.384 e. The van der Waals surface area contributed by atoms with Gasteiger partial charge in [-0.05, 0) is 79.8 Å². The van der Waals surface area contributed by atoms with Crippen molar-refractivity contribution in [1.29, 1.82) is 5.41 Å². The highest BCUT2D eigenvalue weighted by Crippen LogP contribution is 2.25. The Kier molecular flexibility index (Phi) is 11.8. The molecule has 3 amide bonds. The van der Waals surface area contributed by atoms with Gasteiger partial charge in [0.15, 0.2) is 0 Å². The van der Waals surface area contributed by atoms with Crippen molar-refractivity contribution in [1.82, 2.24) is 9.62 Å². The smallest absolute Gasteiger partial charge is 0.240 e. The Labute approximate surface area is 234 Å². The summed E-state index contributed by atoms with van der Waals surface area (Å²) in [7, 11) is 0. The van der Waals surface area contributed by atoms with E-state index in [0.717, 1.165) is 36.1 Å². The third-order valence-corrected chi connectivity index (χ3v) is 7.64. The monoisotopic (exact) mass is 553 g/mol. The third kappa shape index (κ3) is 10.0. The summed E-state index contributed by atoms with van der Waals surface area (Å²) in [5.41, 5.74) is 18.6. The maximum absolute atomic E-state index is 13.7. The minimum atomic E-state index is -0.515. The van der Waals surface area contributed by atoms with E-state index in [2.05, 4.69) is 10.0 Å². The van der Waals surface area contributed by atoms with Crippen LogP contribution in [0.2, 0.25) is 0 Å². The zero-order valence-corrected chi connectivity index (χ0v) is 23.0. The zero-order valence-electron chi connectivity index (χ0n) is 22.2. The first-order chi connectivity index (χ1) is 18.7. The average molecular weight is 554 g/mol. The summed E-state index contributed by atoms with van der Waals surface area (Å²) >= 11 is 1.34. The molecule has 39 heavy (non-hydrogen) atoms. The van der Waals surface area contributed by atoms with E-state index in [-0.39, 0.29) is 36.5 Å². The van der Waals surface area contributed by atoms with Gasteiger partial charge >= 0.3 is 0 Å². The molecule has 2 aromatic carbocycles. The number of piperidine rings is 1. The number of primary amides is 1. The van der Waals surface area contributed by atoms with Crippen LogP contribution < -0.4 is 27.2 Å². The summed E-state index contributed by atoms with van der Waals surface area (Å²) in [6, 6.07) is 14.3. The van der Waals surface area contributed by atoms with Gasteiger partial charge in [0.25, 0.3) is 0 Å². The standard InChI is InChI=1S/C28H39N7O3S/c29-13-10-26(37)33-22-7-3-8-23(18-22)39-34-24(17-20-5-1-6-21(16-20)27(31)32)28(38)35-14-11-19(12-15-35)4-2-9-25(30)36/h1,3,5-8,16,18-19,24,34H,2,4,9-15,17,29H2,(H2,30,36)(H3,31,32)(H,33,37)/t24-/m0/s1. The molecule has 10 nitrogen and oxygen atoms in total. The van der Waals surface area contributed by atoms with Crippen LogP contribution in [-0.2, 0) is 20.8 Å². The highest BCUT2D eigenvalue weighted by atomic mass is 32.2. The van der Waals surface area contributed by atoms with Gasteiger partial charge in [0, 0.05) is 48.6 Å². The van der Waals surface area contributed by atoms with Crippen LogP contribution in [0.15, 0.2) is 53.4 Å². The fourth-order valence-electron chi connectivity index (χ4n) is 4.64. The van der Waals surface area contributed by atoms with Crippen LogP contribution in [0.1, 0.15) is 49.7 Å². The lowest BCUT2D eigenvalue weighted by atomic mass is 9.91. The molecule has 0 unspecified atom stereocenters. The molecule has 0 aromatic heterocycles. The van der Waals surface area contributed by atoms with Gasteiger partial charge in [0.2, 0.25) is 17.7 Å². The number of nitrogens with one attached hydrogen (secondary N) is 3. The highest BCUT2D eigenvalue weighted by molar-refractivity contribution is 7.97. The Bertz CT molecular complexity index is 1150. The molecule has 0 bridgehead atoms. The SMILES string of the molecule is N=C(N)c1cccc(C[C@H](NSc2cccc(NC(=O)CCN)c2)C(=O)N2CCC(CCCC(N)=O)CC2)c1. The predicted molar refractivity (Wildman–Crippen MR) is 155 cm³/mol. The molecule has 1 aliphatic rings. The van der Waals surface area contributed by atoms with Crippen LogP contribution in [0.4, 0.5) is 5.69 Å². The Balaban J connectivity index is 1.68. The van der Waals surface area contributed by atoms with Crippen LogP contribution in [0.3, 0.4) is 0 Å². The van der Waals surface area contributed by atoms with Crippen molar-refractivity contribution in [2.45, 2.75) is 55.9 Å². The Morgan fingerprint density at radius 3 is 2.49 bits per heavy atom. The van der Waals surface area contributed by atoms with Gasteiger partial charge in [0.1, 0.15) is 11.9 Å². The van der Waals surface area contributed by atoms with E-state index in [0.29, 0.717) is 43.1 Å². The molecule has 1 atom stereocenters. The normalized spacial score (nSPS) is 14.5. The molecule has 210 valence electrons. The van der Waals surface area contributed by atoms with E-state index in [1.54, 1.807) is 6.07 Å². The number of benzene rings is 2. The lowest BCUT2D eigenvalue weighted by molar-refractivity contribution is -0.134. The van der Waals surface area contributed by atoms with Gasteiger partial charge in [-0.25, -0.2) is 4.72 Å². The van der Waals surface area contributed by atoms with Crippen LogP contribution in [0, 0.1) is 11.3 Å². The fourth-order valence-corrected chi connectivity index (χ4v) is 5.43. The molecular weight excluding hydrogens is 514 g/mol. The molecule has 1 heterocycles. The van der Waals surface area contributed by atoms with E-state index < -0.39 is 6.04 Å². The molecule has 0 spiro atoms. The number of carbonyl (C=O) groups is 3. The second kappa shape index (κ2) is 15.2. The van der Waals surface area contributed by atoms with Crippen LogP contribution >= 0.6 is 11.9 Å². The van der Waals surface area contributed by atoms with Crippen molar-refractivity contribution in [3.05, 3.63) is 59.7 Å². The summed E-state index contributed by atoms with van der Waals surface area (Å²) in [6.07, 6.45) is 4.60. The first-order valence-electron chi connectivity index (χ1n) is 13.3. The largest absolute Gasteiger partial charge is 0.384 e. The quantitative estimate of drug-likeness (QED) is 0.118. The van der Waals surface area contributed by atoms with Crippen molar-refractivity contribution in [3.8, 4) is 0 Å². The van der Waals surface area contributed by atoms with E-state index >= 15 is 0 Å². The molecule has 11 heteroatoms. The number of anilines is 1. The predicted octanol–water partition coefficient (Wildman–Crippen LogP) is 2.36. The van der Waals surface area contributed by atoms with E-state index in [1.807, 2.05) is 47.4 Å². The van der Waals surface area contributed by atoms with Gasteiger partial charge < -0.3 is 27.4 Å². The molecule has 0 radical (unpaired) electrons. The molecule has 0 saturated carbocycles. The van der Waals surface area contributed by atoms with Gasteiger partial charge in [-0.1, -0.05) is 24.3 Å². The number of likely N-dealkylation sites (tertiary alicyclic amines) is 1. The first-order valence-corrected chi connectivity index (χ1v) is 14.1. The Morgan fingerprint density at radius 2 is 1.79 bits per heavy atom. The second-order valence-corrected chi connectivity index (χ2v) is 10.7. The van der Waals surface area contributed by atoms with Gasteiger partial charge in [-0.15, -0.1) is 0 Å². The molecule has 0 aliphatic carbocycles. The molecule has 1 aliphatic heterocycles. The summed E-state index contributed by atoms with van der Waals surface area (Å²) < 4.78 is 3.35. The third-order valence-electron chi connectivity index (χ3n) is 6.75. The maximum Gasteiger partial charge on any atom is 0.240 e. The molecule has 1 fully saturated rings. The summed E-state index contributed by atoms with van der Waals surface area (Å²) in [5.74, 6) is 0.0572. The van der Waals surface area contributed by atoms with Gasteiger partial charge in [-0.2, -0.15) is 0 Å². The average Bonchev–Trinajstić information content (AvgIpc) is 2.91. The van der Waals surface area contributed by atoms with Crippen LogP contribution in [0.5, 0.6) is 0 Å². The van der Waals surface area contributed by atoms with Gasteiger partial charge in [-0.3, -0.25) is 19.8 Å². The number of carbonyl (C=O) groups excluding carboxylic acids is 3. The summed E-state index contributed by atoms with van der Waals surface area (Å²) in [5, 5.41) is 10.6. The molecule has 9 N–H and O–H groups in total. The van der Waals surface area contributed by atoms with Crippen LogP contribution in [-0.4, -0.2) is 54.1 Å². The maximum atomic E-state index is 13.7. The summed E-state index contributed by atoms with van der Waals surface area (Å²) in [4.78, 5) is 39.4. The number of hydrogen-bond acceptors (Lipinski definition) is 7. The van der Waals surface area contributed by atoms with Crippen LogP contribution in [0.25, 0.3) is 0 Å². The number of nitrogen functional groups attached to an aromatic ring is 1. The second-order valence-electron chi connectivity index (χ2n) is 9.83. The van der Waals surface area contributed by atoms with Crippen molar-refractivity contribution in [2.75, 3.05) is 25.0 Å².